The molecule has 0 saturated carbocycles. The van der Waals surface area contributed by atoms with Crippen LogP contribution in [0, 0.1) is 0 Å². The number of amides is 1. The second-order valence-electron chi connectivity index (χ2n) is 8.67. The van der Waals surface area contributed by atoms with Gasteiger partial charge in [0.15, 0.2) is 11.6 Å². The van der Waals surface area contributed by atoms with Gasteiger partial charge >= 0.3 is 6.18 Å². The van der Waals surface area contributed by atoms with Crippen molar-refractivity contribution >= 4 is 23.2 Å². The Labute approximate surface area is 214 Å². The van der Waals surface area contributed by atoms with Gasteiger partial charge in [0.2, 0.25) is 0 Å². The number of aromatic amines is 2. The maximum Gasteiger partial charge on any atom is 0.416 e. The number of rotatable bonds is 4. The van der Waals surface area contributed by atoms with Crippen LogP contribution in [-0.2, 0) is 11.0 Å². The van der Waals surface area contributed by atoms with Gasteiger partial charge in [-0.3, -0.25) is 9.89 Å². The predicted octanol–water partition coefficient (Wildman–Crippen LogP) is 6.80. The summed E-state index contributed by atoms with van der Waals surface area (Å²) in [4.78, 5) is 20.0. The molecule has 0 atom stereocenters. The van der Waals surface area contributed by atoms with E-state index >= 15 is 0 Å². The Kier molecular flexibility index (Phi) is 5.55. The number of halogens is 3. The van der Waals surface area contributed by atoms with Gasteiger partial charge in [0.05, 0.1) is 16.8 Å². The fourth-order valence-corrected chi connectivity index (χ4v) is 4.28. The predicted molar refractivity (Wildman–Crippen MR) is 138 cm³/mol. The van der Waals surface area contributed by atoms with Crippen LogP contribution in [0.15, 0.2) is 90.8 Å². The topological polar surface area (TPSA) is 86.5 Å². The van der Waals surface area contributed by atoms with Gasteiger partial charge in [0.1, 0.15) is 0 Å². The van der Waals surface area contributed by atoms with Crippen molar-refractivity contribution in [2.45, 2.75) is 6.18 Å². The van der Waals surface area contributed by atoms with Gasteiger partial charge in [-0.25, -0.2) is 4.98 Å². The molecular weight excluding hydrogens is 491 g/mol. The van der Waals surface area contributed by atoms with Gasteiger partial charge in [-0.15, -0.1) is 5.73 Å². The summed E-state index contributed by atoms with van der Waals surface area (Å²) in [5.41, 5.74) is 7.79. The Morgan fingerprint density at radius 2 is 1.63 bits per heavy atom. The summed E-state index contributed by atoms with van der Waals surface area (Å²) in [5, 5.41) is 9.83. The van der Waals surface area contributed by atoms with Crippen LogP contribution < -0.4 is 5.32 Å². The maximum atomic E-state index is 13.1. The Hall–Kier alpha value is -5.14. The Bertz CT molecular complexity index is 1740. The molecule has 3 aromatic carbocycles. The lowest BCUT2D eigenvalue weighted by Crippen LogP contribution is -2.04. The minimum absolute atomic E-state index is 0.170. The summed E-state index contributed by atoms with van der Waals surface area (Å²) in [6, 6.07) is 21.9. The molecule has 0 unspecified atom stereocenters. The van der Waals surface area contributed by atoms with E-state index in [0.717, 1.165) is 34.5 Å². The van der Waals surface area contributed by atoms with Crippen LogP contribution >= 0.6 is 0 Å². The number of benzene rings is 3. The van der Waals surface area contributed by atoms with Crippen LogP contribution in [0.4, 0.5) is 18.9 Å². The Morgan fingerprint density at radius 1 is 0.842 bits per heavy atom. The van der Waals surface area contributed by atoms with E-state index in [0.29, 0.717) is 22.6 Å². The maximum absolute atomic E-state index is 13.1. The van der Waals surface area contributed by atoms with Crippen molar-refractivity contribution < 1.29 is 18.0 Å². The van der Waals surface area contributed by atoms with Gasteiger partial charge in [0.25, 0.3) is 5.91 Å². The highest BCUT2D eigenvalue weighted by atomic mass is 19.4. The fourth-order valence-electron chi connectivity index (χ4n) is 4.28. The van der Waals surface area contributed by atoms with Gasteiger partial charge in [0, 0.05) is 34.7 Å². The molecule has 0 saturated heterocycles. The molecule has 0 radical (unpaired) electrons. The standard InChI is InChI=1S/C29H18F3N5O/c30-29(31,32)21-7-2-6-20(15-21)27-35-26(36-37-27)19-5-1-4-17(14-19)18-9-11-23-24(28(38)34-25(23)16-18)12-10-22-8-3-13-33-22/h1-11,13-16,33H,(H,34,38)(H,35,36,37). The van der Waals surface area contributed by atoms with E-state index < -0.39 is 11.7 Å². The first-order chi connectivity index (χ1) is 18.3. The molecule has 3 heterocycles. The molecule has 9 heteroatoms. The van der Waals surface area contributed by atoms with Crippen LogP contribution in [0.3, 0.4) is 0 Å². The number of carbonyl (C=O) groups excluding carboxylic acids is 1. The molecule has 0 spiro atoms. The van der Waals surface area contributed by atoms with E-state index in [4.69, 9.17) is 0 Å². The number of hydrogen-bond donors (Lipinski definition) is 3. The molecule has 0 fully saturated rings. The third kappa shape index (κ3) is 4.42. The summed E-state index contributed by atoms with van der Waals surface area (Å²) in [5.74, 6) is 0.370. The number of anilines is 1. The van der Waals surface area contributed by atoms with Gasteiger partial charge < -0.3 is 10.3 Å². The average molecular weight is 509 g/mol. The first kappa shape index (κ1) is 23.3. The highest BCUT2D eigenvalue weighted by Crippen LogP contribution is 2.36. The molecule has 0 bridgehead atoms. The van der Waals surface area contributed by atoms with Crippen molar-refractivity contribution in [3.63, 3.8) is 0 Å². The molecule has 38 heavy (non-hydrogen) atoms. The van der Waals surface area contributed by atoms with Crippen molar-refractivity contribution in [3.8, 4) is 33.9 Å². The minimum atomic E-state index is -4.45. The highest BCUT2D eigenvalue weighted by Gasteiger charge is 2.30. The number of fused-ring (bicyclic) bond motifs is 1. The Balaban J connectivity index is 1.30. The first-order valence-electron chi connectivity index (χ1n) is 11.6. The minimum Gasteiger partial charge on any atom is -0.361 e. The molecule has 1 aliphatic rings. The molecule has 6 nitrogen and oxygen atoms in total. The number of alkyl halides is 3. The summed E-state index contributed by atoms with van der Waals surface area (Å²) < 4.78 is 39.3. The zero-order valence-electron chi connectivity index (χ0n) is 19.6. The van der Waals surface area contributed by atoms with E-state index in [9.17, 15) is 18.0 Å². The number of nitrogens with zero attached hydrogens (tertiary/aromatic N) is 2. The van der Waals surface area contributed by atoms with Crippen molar-refractivity contribution in [1.29, 1.82) is 0 Å². The molecule has 3 N–H and O–H groups in total. The lowest BCUT2D eigenvalue weighted by Gasteiger charge is -2.07. The van der Waals surface area contributed by atoms with Gasteiger partial charge in [-0.05, 0) is 47.5 Å². The van der Waals surface area contributed by atoms with Crippen molar-refractivity contribution in [2.24, 2.45) is 0 Å². The number of carbonyl (C=O) groups is 1. The molecule has 5 aromatic rings. The molecule has 1 aliphatic heterocycles. The first-order valence-corrected chi connectivity index (χ1v) is 11.6. The van der Waals surface area contributed by atoms with E-state index in [1.807, 2.05) is 54.6 Å². The number of hydrogen-bond acceptors (Lipinski definition) is 3. The van der Waals surface area contributed by atoms with Gasteiger partial charge in [-0.1, -0.05) is 42.5 Å². The molecular formula is C29H18F3N5O. The van der Waals surface area contributed by atoms with Crippen LogP contribution in [-0.4, -0.2) is 26.1 Å². The lowest BCUT2D eigenvalue weighted by molar-refractivity contribution is -0.137. The summed E-state index contributed by atoms with van der Waals surface area (Å²) in [6.45, 7) is 0. The zero-order chi connectivity index (χ0) is 26.3. The second kappa shape index (κ2) is 9.06. The van der Waals surface area contributed by atoms with E-state index in [1.54, 1.807) is 12.3 Å². The Morgan fingerprint density at radius 3 is 2.45 bits per heavy atom. The third-order valence-electron chi connectivity index (χ3n) is 6.16. The molecule has 186 valence electrons. The largest absolute Gasteiger partial charge is 0.416 e. The number of aromatic nitrogens is 4. The van der Waals surface area contributed by atoms with Crippen LogP contribution in [0.1, 0.15) is 16.8 Å². The molecule has 6 rings (SSSR count). The van der Waals surface area contributed by atoms with Crippen molar-refractivity contribution in [3.05, 3.63) is 108 Å². The summed E-state index contributed by atoms with van der Waals surface area (Å²) >= 11 is 0. The number of nitrogens with one attached hydrogen (secondary N) is 3. The summed E-state index contributed by atoms with van der Waals surface area (Å²) in [6.07, 6.45) is -0.924. The molecule has 1 amide bonds. The highest BCUT2D eigenvalue weighted by molar-refractivity contribution is 6.31. The van der Waals surface area contributed by atoms with Crippen molar-refractivity contribution in [1.82, 2.24) is 20.2 Å². The quantitative estimate of drug-likeness (QED) is 0.184. The molecule has 2 aromatic heterocycles. The zero-order valence-corrected chi connectivity index (χ0v) is 19.6. The monoisotopic (exact) mass is 509 g/mol. The van der Waals surface area contributed by atoms with E-state index in [2.05, 4.69) is 31.2 Å². The normalized spacial score (nSPS) is 12.7. The SMILES string of the molecule is O=C1Nc2cc(-c3cccc(-c4nc(-c5cccc(C(F)(F)F)c5)n[nH]4)c3)ccc2C1=C=Cc1ccc[nH]1. The summed E-state index contributed by atoms with van der Waals surface area (Å²) in [7, 11) is 0. The second-order valence-corrected chi connectivity index (χ2v) is 8.67. The number of H-pyrrole nitrogens is 2. The lowest BCUT2D eigenvalue weighted by atomic mass is 9.99. The fraction of sp³-hybridized carbons (Fsp3) is 0.0345. The van der Waals surface area contributed by atoms with Crippen LogP contribution in [0.5, 0.6) is 0 Å². The average Bonchev–Trinajstić information content (AvgIpc) is 3.67. The van der Waals surface area contributed by atoms with Gasteiger partial charge in [-0.2, -0.15) is 18.3 Å². The van der Waals surface area contributed by atoms with Crippen LogP contribution in [0.25, 0.3) is 45.6 Å². The van der Waals surface area contributed by atoms with Crippen LogP contribution in [0.2, 0.25) is 0 Å². The van der Waals surface area contributed by atoms with E-state index in [-0.39, 0.29) is 17.3 Å². The molecule has 0 aliphatic carbocycles. The smallest absolute Gasteiger partial charge is 0.361 e. The van der Waals surface area contributed by atoms with Crippen molar-refractivity contribution in [2.75, 3.05) is 5.32 Å². The third-order valence-corrected chi connectivity index (χ3v) is 6.16. The van der Waals surface area contributed by atoms with E-state index in [1.165, 1.54) is 12.1 Å².